The van der Waals surface area contributed by atoms with Crippen LogP contribution in [0, 0.1) is 0 Å². The van der Waals surface area contributed by atoms with Crippen molar-refractivity contribution in [3.05, 3.63) is 27.1 Å². The molecule has 2 heterocycles. The highest BCUT2D eigenvalue weighted by Crippen LogP contribution is 2.30. The van der Waals surface area contributed by atoms with Crippen molar-refractivity contribution in [2.24, 2.45) is 5.84 Å². The van der Waals surface area contributed by atoms with Crippen LogP contribution >= 0.6 is 27.3 Å². The lowest BCUT2D eigenvalue weighted by atomic mass is 10.4. The Kier molecular flexibility index (Phi) is 4.34. The molecule has 0 saturated heterocycles. The van der Waals surface area contributed by atoms with Gasteiger partial charge in [0.25, 0.3) is 0 Å². The van der Waals surface area contributed by atoms with Gasteiger partial charge in [0.05, 0.1) is 13.7 Å². The van der Waals surface area contributed by atoms with E-state index in [1.54, 1.807) is 18.4 Å². The number of rotatable bonds is 5. The van der Waals surface area contributed by atoms with Gasteiger partial charge >= 0.3 is 0 Å². The number of halogens is 1. The first-order chi connectivity index (χ1) is 8.76. The summed E-state index contributed by atoms with van der Waals surface area (Å²) in [7, 11) is 1.55. The van der Waals surface area contributed by atoms with Gasteiger partial charge in [-0.05, 0) is 27.4 Å². The third kappa shape index (κ3) is 2.71. The fourth-order valence-corrected chi connectivity index (χ4v) is 2.84. The summed E-state index contributed by atoms with van der Waals surface area (Å²) in [4.78, 5) is 9.28. The Hall–Kier alpha value is -1.38. The second kappa shape index (κ2) is 5.98. The van der Waals surface area contributed by atoms with Crippen molar-refractivity contribution < 1.29 is 4.74 Å². The molecule has 4 N–H and O–H groups in total. The summed E-state index contributed by atoms with van der Waals surface area (Å²) in [6.07, 6.45) is 1.42. The van der Waals surface area contributed by atoms with Gasteiger partial charge in [0, 0.05) is 9.35 Å². The molecule has 2 aromatic rings. The molecular formula is C10H12BrN5OS. The van der Waals surface area contributed by atoms with E-state index in [2.05, 4.69) is 36.6 Å². The molecule has 0 saturated carbocycles. The van der Waals surface area contributed by atoms with Crippen LogP contribution in [0.1, 0.15) is 4.88 Å². The number of anilines is 2. The number of thiophene rings is 1. The van der Waals surface area contributed by atoms with Crippen molar-refractivity contribution in [1.82, 2.24) is 9.97 Å². The molecule has 0 bridgehead atoms. The number of aromatic nitrogens is 2. The van der Waals surface area contributed by atoms with Gasteiger partial charge in [0.2, 0.25) is 5.75 Å². The Morgan fingerprint density at radius 3 is 2.83 bits per heavy atom. The Labute approximate surface area is 117 Å². The fraction of sp³-hybridized carbons (Fsp3) is 0.200. The molecule has 0 aliphatic rings. The zero-order chi connectivity index (χ0) is 13.0. The monoisotopic (exact) mass is 329 g/mol. The molecule has 18 heavy (non-hydrogen) atoms. The van der Waals surface area contributed by atoms with E-state index in [9.17, 15) is 0 Å². The lowest BCUT2D eigenvalue weighted by molar-refractivity contribution is 0.414. The maximum Gasteiger partial charge on any atom is 0.205 e. The van der Waals surface area contributed by atoms with Gasteiger partial charge in [-0.1, -0.05) is 0 Å². The lowest BCUT2D eigenvalue weighted by Gasteiger charge is -2.12. The summed E-state index contributed by atoms with van der Waals surface area (Å²) >= 11 is 5.14. The standard InChI is InChI=1S/C10H12BrN5OS/c1-17-8-9(14-5-15-10(8)16-12)13-4-7-6(11)2-3-18-7/h2-3,5H,4,12H2,1H3,(H2,13,14,15,16). The van der Waals surface area contributed by atoms with Crippen LogP contribution in [0.25, 0.3) is 0 Å². The molecule has 0 atom stereocenters. The van der Waals surface area contributed by atoms with Crippen LogP contribution in [0.3, 0.4) is 0 Å². The number of nitrogen functional groups attached to an aromatic ring is 1. The van der Waals surface area contributed by atoms with Gasteiger partial charge < -0.3 is 15.5 Å². The van der Waals surface area contributed by atoms with Crippen molar-refractivity contribution in [2.75, 3.05) is 17.9 Å². The molecule has 96 valence electrons. The highest BCUT2D eigenvalue weighted by atomic mass is 79.9. The van der Waals surface area contributed by atoms with Crippen LogP contribution in [0.2, 0.25) is 0 Å². The van der Waals surface area contributed by atoms with E-state index in [-0.39, 0.29) is 0 Å². The molecule has 0 unspecified atom stereocenters. The first-order valence-corrected chi connectivity index (χ1v) is 6.75. The zero-order valence-electron chi connectivity index (χ0n) is 9.61. The van der Waals surface area contributed by atoms with Crippen molar-refractivity contribution in [2.45, 2.75) is 6.54 Å². The van der Waals surface area contributed by atoms with Gasteiger partial charge in [0.15, 0.2) is 11.6 Å². The minimum atomic E-state index is 0.445. The molecule has 2 rings (SSSR count). The average Bonchev–Trinajstić information content (AvgIpc) is 2.81. The first-order valence-electron chi connectivity index (χ1n) is 5.07. The molecule has 0 fully saturated rings. The Bertz CT molecular complexity index is 533. The van der Waals surface area contributed by atoms with Gasteiger partial charge in [-0.3, -0.25) is 0 Å². The van der Waals surface area contributed by atoms with E-state index in [4.69, 9.17) is 10.6 Å². The number of hydrazine groups is 1. The van der Waals surface area contributed by atoms with E-state index < -0.39 is 0 Å². The predicted octanol–water partition coefficient (Wildman–Crippen LogP) is 2.21. The lowest BCUT2D eigenvalue weighted by Crippen LogP contribution is -2.12. The topological polar surface area (TPSA) is 85.1 Å². The molecule has 0 spiro atoms. The van der Waals surface area contributed by atoms with Gasteiger partial charge in [0.1, 0.15) is 6.33 Å². The van der Waals surface area contributed by atoms with E-state index in [0.717, 1.165) is 4.47 Å². The summed E-state index contributed by atoms with van der Waals surface area (Å²) in [5, 5.41) is 5.21. The Balaban J connectivity index is 2.16. The first kappa shape index (κ1) is 13.1. The number of hydrogen-bond donors (Lipinski definition) is 3. The van der Waals surface area contributed by atoms with Gasteiger partial charge in [-0.2, -0.15) is 0 Å². The molecular weight excluding hydrogens is 318 g/mol. The number of nitrogens with one attached hydrogen (secondary N) is 2. The van der Waals surface area contributed by atoms with Crippen LogP contribution in [0.15, 0.2) is 22.2 Å². The predicted molar refractivity (Wildman–Crippen MR) is 75.7 cm³/mol. The highest BCUT2D eigenvalue weighted by Gasteiger charge is 2.11. The third-order valence-electron chi connectivity index (χ3n) is 2.25. The van der Waals surface area contributed by atoms with Crippen molar-refractivity contribution in [3.63, 3.8) is 0 Å². The molecule has 0 aliphatic carbocycles. The number of methoxy groups -OCH3 is 1. The summed E-state index contributed by atoms with van der Waals surface area (Å²) in [5.41, 5.74) is 2.47. The number of nitrogens with zero attached hydrogens (tertiary/aromatic N) is 2. The third-order valence-corrected chi connectivity index (χ3v) is 4.18. The minimum absolute atomic E-state index is 0.445. The number of nitrogens with two attached hydrogens (primary N) is 1. The minimum Gasteiger partial charge on any atom is -0.490 e. The van der Waals surface area contributed by atoms with Crippen LogP contribution in [-0.2, 0) is 6.54 Å². The Morgan fingerprint density at radius 2 is 2.22 bits per heavy atom. The fourth-order valence-electron chi connectivity index (χ4n) is 1.41. The SMILES string of the molecule is COc1c(NN)ncnc1NCc1sccc1Br. The molecule has 6 nitrogen and oxygen atoms in total. The molecule has 0 amide bonds. The average molecular weight is 330 g/mol. The summed E-state index contributed by atoms with van der Waals surface area (Å²) < 4.78 is 6.30. The van der Waals surface area contributed by atoms with Gasteiger partial charge in [-0.15, -0.1) is 11.3 Å². The molecule has 0 radical (unpaired) electrons. The summed E-state index contributed by atoms with van der Waals surface area (Å²) in [6.45, 7) is 0.648. The van der Waals surface area contributed by atoms with E-state index in [1.165, 1.54) is 11.2 Å². The highest BCUT2D eigenvalue weighted by molar-refractivity contribution is 9.10. The molecule has 2 aromatic heterocycles. The zero-order valence-corrected chi connectivity index (χ0v) is 12.0. The number of ether oxygens (including phenoxy) is 1. The van der Waals surface area contributed by atoms with E-state index >= 15 is 0 Å². The Morgan fingerprint density at radius 1 is 1.44 bits per heavy atom. The van der Waals surface area contributed by atoms with Crippen molar-refractivity contribution in [1.29, 1.82) is 0 Å². The number of hydrogen-bond acceptors (Lipinski definition) is 7. The molecule has 0 aromatic carbocycles. The smallest absolute Gasteiger partial charge is 0.205 e. The van der Waals surface area contributed by atoms with Crippen LogP contribution in [0.4, 0.5) is 11.6 Å². The van der Waals surface area contributed by atoms with Crippen molar-refractivity contribution >= 4 is 38.9 Å². The van der Waals surface area contributed by atoms with Crippen molar-refractivity contribution in [3.8, 4) is 5.75 Å². The largest absolute Gasteiger partial charge is 0.490 e. The van der Waals surface area contributed by atoms with Crippen LogP contribution in [-0.4, -0.2) is 17.1 Å². The summed E-state index contributed by atoms with van der Waals surface area (Å²) in [6, 6.07) is 2.01. The second-order valence-electron chi connectivity index (χ2n) is 3.29. The summed E-state index contributed by atoms with van der Waals surface area (Å²) in [5.74, 6) is 6.89. The normalized spacial score (nSPS) is 10.2. The maximum atomic E-state index is 5.36. The van der Waals surface area contributed by atoms with Crippen LogP contribution in [0.5, 0.6) is 5.75 Å². The molecule has 8 heteroatoms. The van der Waals surface area contributed by atoms with Crippen LogP contribution < -0.4 is 21.3 Å². The second-order valence-corrected chi connectivity index (χ2v) is 5.15. The van der Waals surface area contributed by atoms with E-state index in [0.29, 0.717) is 23.9 Å². The maximum absolute atomic E-state index is 5.36. The quantitative estimate of drug-likeness (QED) is 0.576. The molecule has 0 aliphatic heterocycles. The van der Waals surface area contributed by atoms with E-state index in [1.807, 2.05) is 11.4 Å². The van der Waals surface area contributed by atoms with Gasteiger partial charge in [-0.25, -0.2) is 15.8 Å².